The van der Waals surface area contributed by atoms with Gasteiger partial charge >= 0.3 is 0 Å². The zero-order valence-corrected chi connectivity index (χ0v) is 26.3. The first-order chi connectivity index (χ1) is 20.0. The molecule has 224 valence electrons. The first kappa shape index (κ1) is 31.6. The van der Waals surface area contributed by atoms with Crippen LogP contribution in [0.4, 0.5) is 5.69 Å². The molecule has 1 aliphatic carbocycles. The molecule has 0 heterocycles. The van der Waals surface area contributed by atoms with Crippen LogP contribution in [0.15, 0.2) is 71.6 Å². The molecule has 42 heavy (non-hydrogen) atoms. The number of aryl methyl sites for hydroxylation is 3. The van der Waals surface area contributed by atoms with E-state index < -0.39 is 28.5 Å². The van der Waals surface area contributed by atoms with Crippen LogP contribution in [0.2, 0.25) is 5.02 Å². The van der Waals surface area contributed by atoms with E-state index in [-0.39, 0.29) is 23.4 Å². The van der Waals surface area contributed by atoms with Crippen LogP contribution in [-0.4, -0.2) is 43.8 Å². The Bertz CT molecular complexity index is 1500. The van der Waals surface area contributed by atoms with E-state index >= 15 is 0 Å². The van der Waals surface area contributed by atoms with E-state index in [0.717, 1.165) is 47.9 Å². The number of hydrogen-bond donors (Lipinski definition) is 1. The van der Waals surface area contributed by atoms with Crippen molar-refractivity contribution in [2.24, 2.45) is 0 Å². The van der Waals surface area contributed by atoms with Crippen LogP contribution in [-0.2, 0) is 26.2 Å². The van der Waals surface area contributed by atoms with Crippen LogP contribution in [0.1, 0.15) is 61.3 Å². The van der Waals surface area contributed by atoms with Crippen molar-refractivity contribution in [3.8, 4) is 0 Å². The summed E-state index contributed by atoms with van der Waals surface area (Å²) in [5, 5.41) is 3.70. The number of amides is 2. The van der Waals surface area contributed by atoms with Crippen molar-refractivity contribution in [3.05, 3.63) is 94.0 Å². The number of halogens is 1. The third-order valence-corrected chi connectivity index (χ3v) is 9.89. The third-order valence-electron chi connectivity index (χ3n) is 7.86. The number of nitrogens with one attached hydrogen (secondary N) is 1. The number of anilines is 1. The van der Waals surface area contributed by atoms with Crippen molar-refractivity contribution in [2.75, 3.05) is 10.8 Å². The highest BCUT2D eigenvalue weighted by Crippen LogP contribution is 2.29. The first-order valence-corrected chi connectivity index (χ1v) is 16.3. The molecule has 4 rings (SSSR count). The Labute approximate surface area is 254 Å². The van der Waals surface area contributed by atoms with Crippen molar-refractivity contribution in [1.29, 1.82) is 0 Å². The molecule has 0 bridgehead atoms. The minimum absolute atomic E-state index is 0.0904. The molecule has 0 spiro atoms. The molecule has 3 aromatic rings. The average molecular weight is 610 g/mol. The van der Waals surface area contributed by atoms with Crippen molar-refractivity contribution >= 4 is 39.1 Å². The SMILES string of the molecule is CC[C@H](C(=O)NC1CCCC1)N(Cc1ccc(Cl)cc1)C(=O)CN(c1ccc(C)cc1C)S(=O)(=O)c1ccc(C)cc1. The van der Waals surface area contributed by atoms with Crippen LogP contribution < -0.4 is 9.62 Å². The maximum atomic E-state index is 14.3. The zero-order valence-electron chi connectivity index (χ0n) is 24.8. The highest BCUT2D eigenvalue weighted by Gasteiger charge is 2.35. The number of nitrogens with zero attached hydrogens (tertiary/aromatic N) is 2. The molecule has 0 aromatic heterocycles. The maximum Gasteiger partial charge on any atom is 0.264 e. The van der Waals surface area contributed by atoms with Gasteiger partial charge in [-0.15, -0.1) is 0 Å². The Morgan fingerprint density at radius 1 is 0.929 bits per heavy atom. The van der Waals surface area contributed by atoms with Crippen molar-refractivity contribution in [3.63, 3.8) is 0 Å². The van der Waals surface area contributed by atoms with E-state index in [1.165, 1.54) is 9.21 Å². The molecule has 2 amide bonds. The van der Waals surface area contributed by atoms with Crippen molar-refractivity contribution in [2.45, 2.75) is 83.3 Å². The van der Waals surface area contributed by atoms with Crippen LogP contribution in [0.25, 0.3) is 0 Å². The van der Waals surface area contributed by atoms with Gasteiger partial charge in [-0.3, -0.25) is 13.9 Å². The lowest BCUT2D eigenvalue weighted by atomic mass is 10.1. The molecule has 9 heteroatoms. The zero-order chi connectivity index (χ0) is 30.4. The number of sulfonamides is 1. The molecular formula is C33H40ClN3O4S. The monoisotopic (exact) mass is 609 g/mol. The van der Waals surface area contributed by atoms with Gasteiger partial charge < -0.3 is 10.2 Å². The number of carbonyl (C=O) groups excluding carboxylic acids is 2. The summed E-state index contributed by atoms with van der Waals surface area (Å²) in [7, 11) is -4.12. The number of hydrogen-bond acceptors (Lipinski definition) is 4. The van der Waals surface area contributed by atoms with Crippen LogP contribution in [0.3, 0.4) is 0 Å². The molecule has 1 saturated carbocycles. The highest BCUT2D eigenvalue weighted by molar-refractivity contribution is 7.92. The predicted octanol–water partition coefficient (Wildman–Crippen LogP) is 6.33. The topological polar surface area (TPSA) is 86.8 Å². The summed E-state index contributed by atoms with van der Waals surface area (Å²) in [4.78, 5) is 29.4. The Morgan fingerprint density at radius 2 is 1.55 bits per heavy atom. The molecule has 1 aliphatic rings. The van der Waals surface area contributed by atoms with E-state index in [2.05, 4.69) is 5.32 Å². The lowest BCUT2D eigenvalue weighted by Crippen LogP contribution is -2.53. The Balaban J connectivity index is 1.73. The van der Waals surface area contributed by atoms with E-state index in [0.29, 0.717) is 17.1 Å². The Kier molecular flexibility index (Phi) is 10.3. The van der Waals surface area contributed by atoms with Crippen LogP contribution in [0, 0.1) is 20.8 Å². The van der Waals surface area contributed by atoms with Gasteiger partial charge in [-0.05, 0) is 81.5 Å². The van der Waals surface area contributed by atoms with E-state index in [9.17, 15) is 18.0 Å². The second-order valence-corrected chi connectivity index (χ2v) is 13.5. The molecule has 0 radical (unpaired) electrons. The Hall–Kier alpha value is -3.36. The van der Waals surface area contributed by atoms with E-state index in [1.807, 2.05) is 52.0 Å². The smallest absolute Gasteiger partial charge is 0.264 e. The first-order valence-electron chi connectivity index (χ1n) is 14.5. The van der Waals surface area contributed by atoms with E-state index in [4.69, 9.17) is 11.6 Å². The summed E-state index contributed by atoms with van der Waals surface area (Å²) in [6, 6.07) is 18.5. The molecular weight excluding hydrogens is 570 g/mol. The number of rotatable bonds is 11. The molecule has 1 N–H and O–H groups in total. The lowest BCUT2D eigenvalue weighted by molar-refractivity contribution is -0.140. The third kappa shape index (κ3) is 7.53. The second kappa shape index (κ2) is 13.7. The fourth-order valence-electron chi connectivity index (χ4n) is 5.51. The van der Waals surface area contributed by atoms with E-state index in [1.54, 1.807) is 42.5 Å². The van der Waals surface area contributed by atoms with Crippen LogP contribution in [0.5, 0.6) is 0 Å². The molecule has 0 saturated heterocycles. The summed E-state index contributed by atoms with van der Waals surface area (Å²) >= 11 is 6.11. The summed E-state index contributed by atoms with van der Waals surface area (Å²) in [6.45, 7) is 7.20. The fraction of sp³-hybridized carbons (Fsp3) is 0.394. The minimum atomic E-state index is -4.12. The van der Waals surface area contributed by atoms with Gasteiger partial charge in [-0.2, -0.15) is 0 Å². The Morgan fingerprint density at radius 3 is 2.14 bits per heavy atom. The maximum absolute atomic E-state index is 14.3. The second-order valence-electron chi connectivity index (χ2n) is 11.2. The van der Waals surface area contributed by atoms with Crippen LogP contribution >= 0.6 is 11.6 Å². The summed E-state index contributed by atoms with van der Waals surface area (Å²) < 4.78 is 29.4. The lowest BCUT2D eigenvalue weighted by Gasteiger charge is -2.34. The van der Waals surface area contributed by atoms with Gasteiger partial charge in [0.05, 0.1) is 10.6 Å². The van der Waals surface area contributed by atoms with Gasteiger partial charge in [0.25, 0.3) is 10.0 Å². The van der Waals surface area contributed by atoms with Gasteiger partial charge in [0, 0.05) is 17.6 Å². The predicted molar refractivity (Wildman–Crippen MR) is 168 cm³/mol. The molecule has 3 aromatic carbocycles. The van der Waals surface area contributed by atoms with Gasteiger partial charge in [0.15, 0.2) is 0 Å². The number of carbonyl (C=O) groups is 2. The molecule has 1 atom stereocenters. The molecule has 0 aliphatic heterocycles. The summed E-state index contributed by atoms with van der Waals surface area (Å²) in [5.74, 6) is -0.680. The standard InChI is InChI=1S/C33H40ClN3O4S/c1-5-30(33(39)35-28-8-6-7-9-28)36(21-26-13-15-27(34)16-14-26)32(38)22-37(31-19-12-24(3)20-25(31)4)42(40,41)29-17-10-23(2)11-18-29/h10-20,28,30H,5-9,21-22H2,1-4H3,(H,35,39)/t30-/m1/s1. The van der Waals surface area contributed by atoms with Crippen molar-refractivity contribution < 1.29 is 18.0 Å². The quantitative estimate of drug-likeness (QED) is 0.275. The molecule has 0 unspecified atom stereocenters. The molecule has 1 fully saturated rings. The van der Waals surface area contributed by atoms with Gasteiger partial charge in [-0.25, -0.2) is 8.42 Å². The minimum Gasteiger partial charge on any atom is -0.352 e. The molecule has 7 nitrogen and oxygen atoms in total. The van der Waals surface area contributed by atoms with Gasteiger partial charge in [0.1, 0.15) is 12.6 Å². The summed E-state index contributed by atoms with van der Waals surface area (Å²) in [5.41, 5.74) is 3.85. The van der Waals surface area contributed by atoms with Crippen molar-refractivity contribution in [1.82, 2.24) is 10.2 Å². The normalized spacial score (nSPS) is 14.4. The largest absolute Gasteiger partial charge is 0.352 e. The fourth-order valence-corrected chi connectivity index (χ4v) is 7.11. The van der Waals surface area contributed by atoms with Gasteiger partial charge in [-0.1, -0.05) is 78.9 Å². The summed E-state index contributed by atoms with van der Waals surface area (Å²) in [6.07, 6.45) is 4.35. The highest BCUT2D eigenvalue weighted by atomic mass is 35.5. The average Bonchev–Trinajstić information content (AvgIpc) is 3.46. The van der Waals surface area contributed by atoms with Gasteiger partial charge in [0.2, 0.25) is 11.8 Å². The number of benzene rings is 3.